The van der Waals surface area contributed by atoms with Crippen LogP contribution in [0.25, 0.3) is 0 Å². The molecule has 1 rings (SSSR count). The Morgan fingerprint density at radius 2 is 1.41 bits per heavy atom. The molecule has 0 radical (unpaired) electrons. The summed E-state index contributed by atoms with van der Waals surface area (Å²) in [4.78, 5) is 63.7. The Morgan fingerprint density at radius 1 is 0.865 bits per heavy atom. The Balaban J connectivity index is 3.27. The second kappa shape index (κ2) is 13.2. The SMILES string of the molecule is CC(C)[C@@H](NC(=O)OC(C)(C)C)C(=O)C[C@H](C(=O)OCc1ccccc1)C(C(=O)O)C(=O)OC(C)(C)C. The zero-order valence-electron chi connectivity index (χ0n) is 22.8. The number of carboxylic acids is 1. The van der Waals surface area contributed by atoms with Gasteiger partial charge in [0, 0.05) is 6.42 Å². The Labute approximate surface area is 218 Å². The summed E-state index contributed by atoms with van der Waals surface area (Å²) in [7, 11) is 0. The summed E-state index contributed by atoms with van der Waals surface area (Å²) in [6, 6.07) is 7.55. The molecule has 0 heterocycles. The van der Waals surface area contributed by atoms with Crippen molar-refractivity contribution in [1.29, 1.82) is 0 Å². The van der Waals surface area contributed by atoms with Gasteiger partial charge < -0.3 is 24.6 Å². The standard InChI is InChI=1S/C27H39NO9/c1-16(2)21(28-25(34)37-27(6,7)8)19(29)14-18(20(22(30)31)24(33)36-26(3,4)5)23(32)35-15-17-12-10-9-11-13-17/h9-13,16,18,20-21H,14-15H2,1-8H3,(H,28,34)(H,30,31)/t18-,20?,21+/m0/s1. The first-order valence-electron chi connectivity index (χ1n) is 12.1. The van der Waals surface area contributed by atoms with Crippen LogP contribution in [0.4, 0.5) is 4.79 Å². The van der Waals surface area contributed by atoms with Crippen LogP contribution in [-0.2, 0) is 40.0 Å². The minimum Gasteiger partial charge on any atom is -0.481 e. The van der Waals surface area contributed by atoms with E-state index < -0.39 is 71.2 Å². The van der Waals surface area contributed by atoms with E-state index in [4.69, 9.17) is 14.2 Å². The van der Waals surface area contributed by atoms with Gasteiger partial charge in [0.25, 0.3) is 0 Å². The van der Waals surface area contributed by atoms with Gasteiger partial charge in [0.15, 0.2) is 11.7 Å². The van der Waals surface area contributed by atoms with Gasteiger partial charge in [-0.15, -0.1) is 0 Å². The van der Waals surface area contributed by atoms with Crippen molar-refractivity contribution in [3.63, 3.8) is 0 Å². The minimum atomic E-state index is -2.00. The maximum Gasteiger partial charge on any atom is 0.408 e. The van der Waals surface area contributed by atoms with E-state index >= 15 is 0 Å². The number of hydrogen-bond acceptors (Lipinski definition) is 8. The molecule has 1 aromatic rings. The number of Topliss-reactive ketones (excluding diaryl/α,β-unsaturated/α-hetero) is 1. The molecule has 1 amide bonds. The highest BCUT2D eigenvalue weighted by Gasteiger charge is 2.45. The van der Waals surface area contributed by atoms with E-state index in [1.165, 1.54) is 0 Å². The van der Waals surface area contributed by atoms with Gasteiger partial charge in [-0.2, -0.15) is 0 Å². The van der Waals surface area contributed by atoms with Gasteiger partial charge in [-0.05, 0) is 53.0 Å². The number of carbonyl (C=O) groups is 5. The second-order valence-corrected chi connectivity index (χ2v) is 11.1. The summed E-state index contributed by atoms with van der Waals surface area (Å²) >= 11 is 0. The minimum absolute atomic E-state index is 0.186. The van der Waals surface area contributed by atoms with Gasteiger partial charge in [0.05, 0.1) is 12.0 Å². The molecule has 2 N–H and O–H groups in total. The fourth-order valence-electron chi connectivity index (χ4n) is 3.37. The van der Waals surface area contributed by atoms with E-state index in [1.807, 2.05) is 0 Å². The average molecular weight is 522 g/mol. The van der Waals surface area contributed by atoms with Crippen LogP contribution in [0.2, 0.25) is 0 Å². The second-order valence-electron chi connectivity index (χ2n) is 11.1. The lowest BCUT2D eigenvalue weighted by Crippen LogP contribution is -2.48. The summed E-state index contributed by atoms with van der Waals surface area (Å²) in [5.74, 6) is -8.62. The number of carboxylic acid groups (broad SMARTS) is 1. The van der Waals surface area contributed by atoms with Crippen LogP contribution in [-0.4, -0.2) is 52.1 Å². The van der Waals surface area contributed by atoms with Crippen LogP contribution < -0.4 is 5.32 Å². The van der Waals surface area contributed by atoms with Crippen molar-refractivity contribution in [3.05, 3.63) is 35.9 Å². The first-order valence-corrected chi connectivity index (χ1v) is 12.1. The highest BCUT2D eigenvalue weighted by Crippen LogP contribution is 2.25. The maximum absolute atomic E-state index is 13.3. The number of alkyl carbamates (subject to hydrolysis) is 1. The smallest absolute Gasteiger partial charge is 0.408 e. The van der Waals surface area contributed by atoms with E-state index in [0.29, 0.717) is 5.56 Å². The summed E-state index contributed by atoms with van der Waals surface area (Å²) in [6.07, 6.45) is -1.52. The van der Waals surface area contributed by atoms with E-state index in [0.717, 1.165) is 0 Å². The Kier molecular flexibility index (Phi) is 11.3. The van der Waals surface area contributed by atoms with Gasteiger partial charge in [-0.25, -0.2) is 4.79 Å². The molecule has 0 saturated heterocycles. The molecular formula is C27H39NO9. The lowest BCUT2D eigenvalue weighted by Gasteiger charge is -2.28. The maximum atomic E-state index is 13.3. The molecule has 0 bridgehead atoms. The number of hydrogen-bond donors (Lipinski definition) is 2. The molecule has 10 heteroatoms. The highest BCUT2D eigenvalue weighted by molar-refractivity contribution is 6.00. The molecule has 1 aromatic carbocycles. The molecule has 0 fully saturated rings. The number of benzene rings is 1. The number of amides is 1. The zero-order chi connectivity index (χ0) is 28.6. The van der Waals surface area contributed by atoms with Crippen LogP contribution in [0, 0.1) is 17.8 Å². The summed E-state index contributed by atoms with van der Waals surface area (Å²) < 4.78 is 15.8. The monoisotopic (exact) mass is 521 g/mol. The summed E-state index contributed by atoms with van der Waals surface area (Å²) in [6.45, 7) is 12.8. The van der Waals surface area contributed by atoms with Crippen molar-refractivity contribution in [2.24, 2.45) is 17.8 Å². The molecule has 1 unspecified atom stereocenters. The van der Waals surface area contributed by atoms with Crippen LogP contribution in [0.3, 0.4) is 0 Å². The van der Waals surface area contributed by atoms with Crippen LogP contribution in [0.5, 0.6) is 0 Å². The molecule has 3 atom stereocenters. The lowest BCUT2D eigenvalue weighted by molar-refractivity contribution is -0.176. The van der Waals surface area contributed by atoms with Crippen molar-refractivity contribution < 1.29 is 43.3 Å². The van der Waals surface area contributed by atoms with E-state index in [2.05, 4.69) is 5.32 Å². The lowest BCUT2D eigenvalue weighted by atomic mass is 9.84. The predicted octanol–water partition coefficient (Wildman–Crippen LogP) is 3.90. The van der Waals surface area contributed by atoms with Gasteiger partial charge >= 0.3 is 24.0 Å². The average Bonchev–Trinajstić information content (AvgIpc) is 2.73. The van der Waals surface area contributed by atoms with Gasteiger partial charge in [-0.3, -0.25) is 19.2 Å². The van der Waals surface area contributed by atoms with Crippen LogP contribution in [0.15, 0.2) is 30.3 Å². The summed E-state index contributed by atoms with van der Waals surface area (Å²) in [5.41, 5.74) is -1.22. The number of aliphatic carboxylic acids is 1. The van der Waals surface area contributed by atoms with Crippen molar-refractivity contribution in [3.8, 4) is 0 Å². The topological polar surface area (TPSA) is 145 Å². The van der Waals surface area contributed by atoms with E-state index in [-0.39, 0.29) is 6.61 Å². The molecule has 206 valence electrons. The number of rotatable bonds is 11. The van der Waals surface area contributed by atoms with E-state index in [9.17, 15) is 29.1 Å². The third-order valence-electron chi connectivity index (χ3n) is 4.96. The third kappa shape index (κ3) is 11.4. The first kappa shape index (κ1) is 31.6. The first-order chi connectivity index (χ1) is 16.9. The number of ether oxygens (including phenoxy) is 3. The van der Waals surface area contributed by atoms with Crippen LogP contribution in [0.1, 0.15) is 67.4 Å². The van der Waals surface area contributed by atoms with Crippen molar-refractivity contribution >= 4 is 29.8 Å². The van der Waals surface area contributed by atoms with E-state index in [1.54, 1.807) is 85.7 Å². The number of carbonyl (C=O) groups excluding carboxylic acids is 4. The molecule has 0 aliphatic heterocycles. The number of nitrogens with one attached hydrogen (secondary N) is 1. The predicted molar refractivity (Wildman–Crippen MR) is 134 cm³/mol. The van der Waals surface area contributed by atoms with Gasteiger partial charge in [0.1, 0.15) is 17.8 Å². The van der Waals surface area contributed by atoms with Crippen molar-refractivity contribution in [2.75, 3.05) is 0 Å². The fourth-order valence-corrected chi connectivity index (χ4v) is 3.37. The Hall–Kier alpha value is -3.43. The molecular weight excluding hydrogens is 482 g/mol. The normalized spacial score (nSPS) is 14.2. The molecule has 0 aliphatic rings. The number of esters is 2. The zero-order valence-corrected chi connectivity index (χ0v) is 22.8. The molecule has 0 aromatic heterocycles. The molecule has 0 spiro atoms. The Bertz CT molecular complexity index is 958. The van der Waals surface area contributed by atoms with Crippen molar-refractivity contribution in [2.45, 2.75) is 85.7 Å². The quantitative estimate of drug-likeness (QED) is 0.251. The number of ketones is 1. The third-order valence-corrected chi connectivity index (χ3v) is 4.96. The largest absolute Gasteiger partial charge is 0.481 e. The Morgan fingerprint density at radius 3 is 1.86 bits per heavy atom. The fraction of sp³-hybridized carbons (Fsp3) is 0.593. The van der Waals surface area contributed by atoms with Crippen molar-refractivity contribution in [1.82, 2.24) is 5.32 Å². The summed E-state index contributed by atoms with van der Waals surface area (Å²) in [5, 5.41) is 12.4. The van der Waals surface area contributed by atoms with Gasteiger partial charge in [-0.1, -0.05) is 44.2 Å². The van der Waals surface area contributed by atoms with Gasteiger partial charge in [0.2, 0.25) is 0 Å². The molecule has 0 aliphatic carbocycles. The van der Waals surface area contributed by atoms with Crippen LogP contribution >= 0.6 is 0 Å². The molecule has 37 heavy (non-hydrogen) atoms. The molecule has 10 nitrogen and oxygen atoms in total. The molecule has 0 saturated carbocycles. The highest BCUT2D eigenvalue weighted by atomic mass is 16.6.